The Labute approximate surface area is 89.6 Å². The van der Waals surface area contributed by atoms with Gasteiger partial charge in [0.15, 0.2) is 5.03 Å². The van der Waals surface area contributed by atoms with Crippen LogP contribution in [0.3, 0.4) is 0 Å². The summed E-state index contributed by atoms with van der Waals surface area (Å²) in [7, 11) is -3.35. The van der Waals surface area contributed by atoms with E-state index < -0.39 is 10.0 Å². The van der Waals surface area contributed by atoms with Crippen LogP contribution in [0.2, 0.25) is 0 Å². The molecule has 6 heteroatoms. The number of nitrogens with zero attached hydrogens (tertiary/aromatic N) is 2. The second-order valence-corrected chi connectivity index (χ2v) is 5.80. The van der Waals surface area contributed by atoms with Crippen molar-refractivity contribution in [2.24, 2.45) is 0 Å². The van der Waals surface area contributed by atoms with E-state index in [4.69, 9.17) is 0 Å². The van der Waals surface area contributed by atoms with Gasteiger partial charge in [-0.3, -0.25) is 0 Å². The van der Waals surface area contributed by atoms with Gasteiger partial charge in [-0.25, -0.2) is 13.4 Å². The number of imidazole rings is 1. The third kappa shape index (κ3) is 1.79. The van der Waals surface area contributed by atoms with Crippen molar-refractivity contribution in [3.63, 3.8) is 0 Å². The third-order valence-electron chi connectivity index (χ3n) is 2.76. The van der Waals surface area contributed by atoms with Crippen molar-refractivity contribution in [3.8, 4) is 0 Å². The Balaban J connectivity index is 2.34. The van der Waals surface area contributed by atoms with Crippen molar-refractivity contribution in [3.05, 3.63) is 12.0 Å². The maximum atomic E-state index is 12.1. The number of rotatable bonds is 2. The summed E-state index contributed by atoms with van der Waals surface area (Å²) >= 11 is 0. The van der Waals surface area contributed by atoms with Crippen LogP contribution in [-0.2, 0) is 10.0 Å². The lowest BCUT2D eigenvalue weighted by molar-refractivity contribution is 0.406. The summed E-state index contributed by atoms with van der Waals surface area (Å²) < 4.78 is 25.8. The normalized spacial score (nSPS) is 23.5. The lowest BCUT2D eigenvalue weighted by Gasteiger charge is -2.19. The molecule has 0 amide bonds. The van der Waals surface area contributed by atoms with Gasteiger partial charge in [0.05, 0.1) is 6.20 Å². The molecule has 1 atom stereocenters. The van der Waals surface area contributed by atoms with E-state index in [0.717, 1.165) is 12.8 Å². The minimum Gasteiger partial charge on any atom is -0.332 e. The van der Waals surface area contributed by atoms with E-state index in [1.807, 2.05) is 6.92 Å². The van der Waals surface area contributed by atoms with Crippen LogP contribution >= 0.6 is 0 Å². The van der Waals surface area contributed by atoms with Gasteiger partial charge in [0.1, 0.15) is 5.82 Å². The molecule has 1 aliphatic heterocycles. The van der Waals surface area contributed by atoms with Crippen molar-refractivity contribution in [2.45, 2.75) is 37.8 Å². The predicted octanol–water partition coefficient (Wildman–Crippen LogP) is 0.891. The summed E-state index contributed by atoms with van der Waals surface area (Å²) in [5.41, 5.74) is 0. The SMILES string of the molecule is Cc1ncc(S(=O)(=O)N2CCCC2C)[nH]1. The maximum absolute atomic E-state index is 12.1. The van der Waals surface area contributed by atoms with Gasteiger partial charge in [0, 0.05) is 12.6 Å². The Morgan fingerprint density at radius 2 is 2.33 bits per heavy atom. The molecular weight excluding hydrogens is 214 g/mol. The largest absolute Gasteiger partial charge is 0.332 e. The van der Waals surface area contributed by atoms with Gasteiger partial charge < -0.3 is 4.98 Å². The van der Waals surface area contributed by atoms with E-state index in [-0.39, 0.29) is 11.1 Å². The lowest BCUT2D eigenvalue weighted by atomic mass is 10.3. The quantitative estimate of drug-likeness (QED) is 0.819. The zero-order chi connectivity index (χ0) is 11.1. The first-order chi connectivity index (χ1) is 7.01. The number of aromatic amines is 1. The van der Waals surface area contributed by atoms with Crippen LogP contribution in [0, 0.1) is 6.92 Å². The zero-order valence-electron chi connectivity index (χ0n) is 8.90. The molecule has 0 spiro atoms. The molecule has 1 N–H and O–H groups in total. The highest BCUT2D eigenvalue weighted by Crippen LogP contribution is 2.24. The molecule has 1 saturated heterocycles. The van der Waals surface area contributed by atoms with Gasteiger partial charge in [-0.1, -0.05) is 0 Å². The Bertz CT molecular complexity index is 452. The first kappa shape index (κ1) is 10.6. The molecule has 1 unspecified atom stereocenters. The number of hydrogen-bond acceptors (Lipinski definition) is 3. The Morgan fingerprint density at radius 1 is 1.60 bits per heavy atom. The van der Waals surface area contributed by atoms with E-state index >= 15 is 0 Å². The highest BCUT2D eigenvalue weighted by Gasteiger charge is 2.33. The molecule has 0 radical (unpaired) electrons. The number of H-pyrrole nitrogens is 1. The molecule has 2 rings (SSSR count). The molecule has 0 saturated carbocycles. The molecule has 1 fully saturated rings. The summed E-state index contributed by atoms with van der Waals surface area (Å²) in [4.78, 5) is 6.69. The van der Waals surface area contributed by atoms with Crippen LogP contribution in [0.25, 0.3) is 0 Å². The van der Waals surface area contributed by atoms with E-state index in [1.165, 1.54) is 6.20 Å². The molecule has 2 heterocycles. The van der Waals surface area contributed by atoms with Gasteiger partial charge in [-0.05, 0) is 26.7 Å². The van der Waals surface area contributed by atoms with Crippen molar-refractivity contribution in [1.82, 2.24) is 14.3 Å². The fourth-order valence-corrected chi connectivity index (χ4v) is 3.58. The average molecular weight is 229 g/mol. The first-order valence-electron chi connectivity index (χ1n) is 5.05. The fraction of sp³-hybridized carbons (Fsp3) is 0.667. The zero-order valence-corrected chi connectivity index (χ0v) is 9.71. The average Bonchev–Trinajstić information content (AvgIpc) is 2.74. The summed E-state index contributed by atoms with van der Waals surface area (Å²) in [6, 6.07) is 0.0959. The van der Waals surface area contributed by atoms with E-state index in [1.54, 1.807) is 11.2 Å². The van der Waals surface area contributed by atoms with Crippen molar-refractivity contribution < 1.29 is 8.42 Å². The Morgan fingerprint density at radius 3 is 2.80 bits per heavy atom. The van der Waals surface area contributed by atoms with Gasteiger partial charge in [0.25, 0.3) is 10.0 Å². The van der Waals surface area contributed by atoms with Gasteiger partial charge in [-0.15, -0.1) is 0 Å². The second kappa shape index (κ2) is 3.61. The number of nitrogens with one attached hydrogen (secondary N) is 1. The highest BCUT2D eigenvalue weighted by atomic mass is 32.2. The summed E-state index contributed by atoms with van der Waals surface area (Å²) in [5, 5.41) is 0.203. The molecule has 1 aliphatic rings. The predicted molar refractivity (Wildman–Crippen MR) is 55.9 cm³/mol. The highest BCUT2D eigenvalue weighted by molar-refractivity contribution is 7.89. The maximum Gasteiger partial charge on any atom is 0.260 e. The molecule has 15 heavy (non-hydrogen) atoms. The molecule has 84 valence electrons. The smallest absolute Gasteiger partial charge is 0.260 e. The monoisotopic (exact) mass is 229 g/mol. The van der Waals surface area contributed by atoms with Crippen LogP contribution in [-0.4, -0.2) is 35.3 Å². The Hall–Kier alpha value is -0.880. The Kier molecular flexibility index (Phi) is 2.56. The van der Waals surface area contributed by atoms with Crippen LogP contribution in [0.5, 0.6) is 0 Å². The fourth-order valence-electron chi connectivity index (χ4n) is 1.92. The molecular formula is C9H15N3O2S. The van der Waals surface area contributed by atoms with Crippen LogP contribution in [0.4, 0.5) is 0 Å². The standard InChI is InChI=1S/C9H15N3O2S/c1-7-4-3-5-12(7)15(13,14)9-6-10-8(2)11-9/h6-7H,3-5H2,1-2H3,(H,10,11). The number of hydrogen-bond donors (Lipinski definition) is 1. The van der Waals surface area contributed by atoms with Gasteiger partial charge >= 0.3 is 0 Å². The van der Waals surface area contributed by atoms with E-state index in [9.17, 15) is 8.42 Å². The summed E-state index contributed by atoms with van der Waals surface area (Å²) in [5.74, 6) is 0.625. The van der Waals surface area contributed by atoms with Crippen LogP contribution in [0.15, 0.2) is 11.2 Å². The molecule has 5 nitrogen and oxygen atoms in total. The van der Waals surface area contributed by atoms with Gasteiger partial charge in [0.2, 0.25) is 0 Å². The molecule has 1 aromatic rings. The summed E-state index contributed by atoms with van der Waals surface area (Å²) in [6.45, 7) is 4.29. The number of sulfonamides is 1. The number of aromatic nitrogens is 2. The second-order valence-electron chi connectivity index (χ2n) is 3.94. The number of aryl methyl sites for hydroxylation is 1. The van der Waals surface area contributed by atoms with E-state index in [0.29, 0.717) is 12.4 Å². The minimum atomic E-state index is -3.35. The minimum absolute atomic E-state index is 0.0959. The van der Waals surface area contributed by atoms with Gasteiger partial charge in [-0.2, -0.15) is 4.31 Å². The molecule has 0 aromatic carbocycles. The topological polar surface area (TPSA) is 66.1 Å². The summed E-state index contributed by atoms with van der Waals surface area (Å²) in [6.07, 6.45) is 3.26. The third-order valence-corrected chi connectivity index (χ3v) is 4.68. The molecule has 1 aromatic heterocycles. The van der Waals surface area contributed by atoms with Crippen molar-refractivity contribution >= 4 is 10.0 Å². The lowest BCUT2D eigenvalue weighted by Crippen LogP contribution is -2.33. The van der Waals surface area contributed by atoms with E-state index in [2.05, 4.69) is 9.97 Å². The first-order valence-corrected chi connectivity index (χ1v) is 6.49. The van der Waals surface area contributed by atoms with Crippen molar-refractivity contribution in [2.75, 3.05) is 6.54 Å². The molecule has 0 aliphatic carbocycles. The van der Waals surface area contributed by atoms with Crippen molar-refractivity contribution in [1.29, 1.82) is 0 Å². The molecule has 0 bridgehead atoms. The van der Waals surface area contributed by atoms with Crippen LogP contribution in [0.1, 0.15) is 25.6 Å². The van der Waals surface area contributed by atoms with Crippen LogP contribution < -0.4 is 0 Å².